The molecule has 0 saturated heterocycles. The van der Waals surface area contributed by atoms with E-state index in [9.17, 15) is 0 Å². The molecule has 2 saturated carbocycles. The highest BCUT2D eigenvalue weighted by atomic mass is 14.6. The third-order valence-electron chi connectivity index (χ3n) is 3.76. The zero-order valence-corrected chi connectivity index (χ0v) is 7.14. The van der Waals surface area contributed by atoms with E-state index in [-0.39, 0.29) is 0 Å². The van der Waals surface area contributed by atoms with Crippen LogP contribution in [0.1, 0.15) is 39.5 Å². The van der Waals surface area contributed by atoms with Crippen LogP contribution >= 0.6 is 0 Å². The molecule has 0 amide bonds. The van der Waals surface area contributed by atoms with Crippen LogP contribution < -0.4 is 0 Å². The fourth-order valence-corrected chi connectivity index (χ4v) is 3.00. The quantitative estimate of drug-likeness (QED) is 0.550. The maximum absolute atomic E-state index is 2.36. The van der Waals surface area contributed by atoms with Crippen molar-refractivity contribution in [3.05, 3.63) is 0 Å². The van der Waals surface area contributed by atoms with Gasteiger partial charge in [0.25, 0.3) is 0 Å². The van der Waals surface area contributed by atoms with Gasteiger partial charge in [0.1, 0.15) is 0 Å². The Bertz CT molecular complexity index is 114. The Hall–Kier alpha value is 0. The molecular formula is C10H18. The smallest absolute Gasteiger partial charge is 0.0352 e. The molecule has 0 radical (unpaired) electrons. The fraction of sp³-hybridized carbons (Fsp3) is 1.00. The maximum Gasteiger partial charge on any atom is -0.0352 e. The summed E-state index contributed by atoms with van der Waals surface area (Å²) in [5.41, 5.74) is 0. The normalized spacial score (nSPS) is 51.0. The third-order valence-corrected chi connectivity index (χ3v) is 3.76. The van der Waals surface area contributed by atoms with Gasteiger partial charge >= 0.3 is 0 Å². The van der Waals surface area contributed by atoms with Crippen LogP contribution in [0.25, 0.3) is 0 Å². The maximum atomic E-state index is 2.36. The number of hydrogen-bond acceptors (Lipinski definition) is 0. The van der Waals surface area contributed by atoms with Gasteiger partial charge in [-0.25, -0.2) is 0 Å². The highest BCUT2D eigenvalue weighted by Crippen LogP contribution is 2.60. The van der Waals surface area contributed by atoms with Gasteiger partial charge in [0.2, 0.25) is 0 Å². The standard InChI is InChI=1S/C10H18/c1-3-7-5-8(4-2)10-6-9(7)10/h7-10H,3-6H2,1-2H3/t7?,8?,9-,10?/m1/s1. The van der Waals surface area contributed by atoms with Crippen molar-refractivity contribution in [2.45, 2.75) is 39.5 Å². The summed E-state index contributed by atoms with van der Waals surface area (Å²) >= 11 is 0. The zero-order chi connectivity index (χ0) is 7.14. The summed E-state index contributed by atoms with van der Waals surface area (Å²) in [4.78, 5) is 0. The molecule has 0 heterocycles. The van der Waals surface area contributed by atoms with Gasteiger partial charge in [-0.1, -0.05) is 26.7 Å². The molecule has 0 aromatic carbocycles. The molecular weight excluding hydrogens is 120 g/mol. The second-order valence-corrected chi connectivity index (χ2v) is 4.14. The van der Waals surface area contributed by atoms with E-state index in [0.29, 0.717) is 0 Å². The van der Waals surface area contributed by atoms with Crippen molar-refractivity contribution in [1.29, 1.82) is 0 Å². The summed E-state index contributed by atoms with van der Waals surface area (Å²) in [5, 5.41) is 0. The molecule has 0 aromatic heterocycles. The largest absolute Gasteiger partial charge is 0.0651 e. The topological polar surface area (TPSA) is 0 Å². The Balaban J connectivity index is 1.95. The van der Waals surface area contributed by atoms with Crippen molar-refractivity contribution >= 4 is 0 Å². The van der Waals surface area contributed by atoms with E-state index in [4.69, 9.17) is 0 Å². The van der Waals surface area contributed by atoms with Crippen LogP contribution in [0.15, 0.2) is 0 Å². The molecule has 2 aliphatic carbocycles. The predicted octanol–water partition coefficient (Wildman–Crippen LogP) is 3.08. The lowest BCUT2D eigenvalue weighted by Crippen LogP contribution is -2.00. The second kappa shape index (κ2) is 2.25. The van der Waals surface area contributed by atoms with Crippen LogP contribution in [0, 0.1) is 23.7 Å². The first kappa shape index (κ1) is 6.69. The van der Waals surface area contributed by atoms with E-state index in [2.05, 4.69) is 13.8 Å². The van der Waals surface area contributed by atoms with Gasteiger partial charge in [-0.15, -0.1) is 0 Å². The van der Waals surface area contributed by atoms with Crippen LogP contribution in [0.2, 0.25) is 0 Å². The Morgan fingerprint density at radius 2 is 1.40 bits per heavy atom. The highest BCUT2D eigenvalue weighted by Gasteiger charge is 2.52. The lowest BCUT2D eigenvalue weighted by Gasteiger charge is -2.11. The minimum Gasteiger partial charge on any atom is -0.0651 e. The first-order valence-electron chi connectivity index (χ1n) is 4.86. The molecule has 0 heteroatoms. The van der Waals surface area contributed by atoms with Gasteiger partial charge in [0.05, 0.1) is 0 Å². The van der Waals surface area contributed by atoms with Crippen LogP contribution in [0.3, 0.4) is 0 Å². The van der Waals surface area contributed by atoms with Crippen molar-refractivity contribution in [3.63, 3.8) is 0 Å². The number of hydrogen-bond donors (Lipinski definition) is 0. The predicted molar refractivity (Wildman–Crippen MR) is 43.8 cm³/mol. The summed E-state index contributed by atoms with van der Waals surface area (Å²) in [6.45, 7) is 4.72. The van der Waals surface area contributed by atoms with Crippen molar-refractivity contribution in [3.8, 4) is 0 Å². The minimum absolute atomic E-state index is 1.12. The Morgan fingerprint density at radius 3 is 1.70 bits per heavy atom. The van der Waals surface area contributed by atoms with Crippen molar-refractivity contribution < 1.29 is 0 Å². The molecule has 58 valence electrons. The molecule has 4 atom stereocenters. The van der Waals surface area contributed by atoms with Gasteiger partial charge in [-0.3, -0.25) is 0 Å². The second-order valence-electron chi connectivity index (χ2n) is 4.14. The number of rotatable bonds is 2. The van der Waals surface area contributed by atoms with Gasteiger partial charge in [0.15, 0.2) is 0 Å². The summed E-state index contributed by atoms with van der Waals surface area (Å²) in [6.07, 6.45) is 6.02. The first-order chi connectivity index (χ1) is 4.86. The van der Waals surface area contributed by atoms with Crippen LogP contribution in [0.4, 0.5) is 0 Å². The van der Waals surface area contributed by atoms with Crippen molar-refractivity contribution in [2.24, 2.45) is 23.7 Å². The lowest BCUT2D eigenvalue weighted by molar-refractivity contribution is 0.395. The molecule has 2 rings (SSSR count). The third kappa shape index (κ3) is 0.810. The molecule has 0 N–H and O–H groups in total. The summed E-state index contributed by atoms with van der Waals surface area (Å²) in [6, 6.07) is 0. The fourth-order valence-electron chi connectivity index (χ4n) is 3.00. The van der Waals surface area contributed by atoms with Gasteiger partial charge < -0.3 is 0 Å². The molecule has 2 fully saturated rings. The lowest BCUT2D eigenvalue weighted by atomic mass is 9.94. The van der Waals surface area contributed by atoms with Gasteiger partial charge in [-0.2, -0.15) is 0 Å². The minimum atomic E-state index is 1.12. The molecule has 2 aliphatic rings. The Kier molecular flexibility index (Phi) is 1.51. The SMILES string of the molecule is CCC1CC(CC)[C@H]2CC12. The summed E-state index contributed by atoms with van der Waals surface area (Å²) < 4.78 is 0. The van der Waals surface area contributed by atoms with Crippen LogP contribution in [0.5, 0.6) is 0 Å². The van der Waals surface area contributed by atoms with E-state index in [1.165, 1.54) is 24.7 Å². The average molecular weight is 138 g/mol. The molecule has 0 spiro atoms. The van der Waals surface area contributed by atoms with E-state index in [0.717, 1.165) is 11.8 Å². The number of fused-ring (bicyclic) bond motifs is 1. The van der Waals surface area contributed by atoms with Crippen LogP contribution in [-0.4, -0.2) is 0 Å². The van der Waals surface area contributed by atoms with E-state index < -0.39 is 0 Å². The van der Waals surface area contributed by atoms with Gasteiger partial charge in [-0.05, 0) is 36.5 Å². The zero-order valence-electron chi connectivity index (χ0n) is 7.14. The van der Waals surface area contributed by atoms with E-state index in [1.54, 1.807) is 12.8 Å². The van der Waals surface area contributed by atoms with Crippen LogP contribution in [-0.2, 0) is 0 Å². The Morgan fingerprint density at radius 1 is 0.900 bits per heavy atom. The van der Waals surface area contributed by atoms with Crippen molar-refractivity contribution in [1.82, 2.24) is 0 Å². The summed E-state index contributed by atoms with van der Waals surface area (Å²) in [5.74, 6) is 4.59. The average Bonchev–Trinajstić information content (AvgIpc) is 2.67. The molecule has 10 heavy (non-hydrogen) atoms. The van der Waals surface area contributed by atoms with Gasteiger partial charge in [0, 0.05) is 0 Å². The van der Waals surface area contributed by atoms with E-state index in [1.807, 2.05) is 0 Å². The molecule has 0 aliphatic heterocycles. The monoisotopic (exact) mass is 138 g/mol. The first-order valence-corrected chi connectivity index (χ1v) is 4.86. The van der Waals surface area contributed by atoms with E-state index >= 15 is 0 Å². The van der Waals surface area contributed by atoms with Crippen molar-refractivity contribution in [2.75, 3.05) is 0 Å². The molecule has 3 unspecified atom stereocenters. The Labute approximate surface area is 64.0 Å². The summed E-state index contributed by atoms with van der Waals surface area (Å²) in [7, 11) is 0. The molecule has 0 bridgehead atoms. The molecule has 0 aromatic rings. The highest BCUT2D eigenvalue weighted by molar-refractivity contribution is 5.01. The molecule has 0 nitrogen and oxygen atoms in total.